The first kappa shape index (κ1) is 13.4. The molecule has 112 valence electrons. The molecule has 0 bridgehead atoms. The van der Waals surface area contributed by atoms with Gasteiger partial charge in [-0.1, -0.05) is 18.2 Å². The van der Waals surface area contributed by atoms with E-state index in [1.165, 1.54) is 37.6 Å². The minimum atomic E-state index is 0.289. The van der Waals surface area contributed by atoms with Gasteiger partial charge in [-0.3, -0.25) is 4.90 Å². The summed E-state index contributed by atoms with van der Waals surface area (Å²) in [6.07, 6.45) is 5.61. The van der Waals surface area contributed by atoms with Crippen LogP contribution in [0.3, 0.4) is 0 Å². The number of fused-ring (bicyclic) bond motifs is 1. The Labute approximate surface area is 126 Å². The van der Waals surface area contributed by atoms with Gasteiger partial charge in [-0.2, -0.15) is 0 Å². The molecule has 4 rings (SSSR count). The molecule has 0 aliphatic heterocycles. The second-order valence-electron chi connectivity index (χ2n) is 6.66. The van der Waals surface area contributed by atoms with Crippen molar-refractivity contribution in [3.8, 4) is 0 Å². The van der Waals surface area contributed by atoms with E-state index in [9.17, 15) is 0 Å². The number of hydrogen-bond donors (Lipinski definition) is 1. The molecule has 2 fully saturated rings. The number of nitrogens with zero attached hydrogens (tertiary/aromatic N) is 1. The van der Waals surface area contributed by atoms with Crippen molar-refractivity contribution in [3.05, 3.63) is 36.1 Å². The molecule has 2 aliphatic carbocycles. The van der Waals surface area contributed by atoms with E-state index in [1.54, 1.807) is 0 Å². The van der Waals surface area contributed by atoms with Crippen molar-refractivity contribution < 1.29 is 4.42 Å². The number of nitrogens with one attached hydrogen (secondary N) is 1. The van der Waals surface area contributed by atoms with Gasteiger partial charge in [0.05, 0.1) is 6.04 Å². The molecule has 0 saturated heterocycles. The summed E-state index contributed by atoms with van der Waals surface area (Å²) < 4.78 is 6.05. The highest BCUT2D eigenvalue weighted by Crippen LogP contribution is 2.36. The van der Waals surface area contributed by atoms with Crippen LogP contribution in [-0.2, 0) is 0 Å². The molecular formula is C18H24N2O. The molecule has 1 aromatic heterocycles. The van der Waals surface area contributed by atoms with Crippen LogP contribution in [0, 0.1) is 5.92 Å². The van der Waals surface area contributed by atoms with Crippen molar-refractivity contribution in [2.45, 2.75) is 37.8 Å². The summed E-state index contributed by atoms with van der Waals surface area (Å²) in [6, 6.07) is 11.6. The van der Waals surface area contributed by atoms with E-state index in [-0.39, 0.29) is 6.04 Å². The highest BCUT2D eigenvalue weighted by molar-refractivity contribution is 5.77. The lowest BCUT2D eigenvalue weighted by atomic mass is 10.1. The summed E-state index contributed by atoms with van der Waals surface area (Å²) in [5.74, 6) is 2.03. The van der Waals surface area contributed by atoms with Gasteiger partial charge in [0, 0.05) is 24.5 Å². The molecule has 1 atom stereocenters. The van der Waals surface area contributed by atoms with Crippen LogP contribution < -0.4 is 5.32 Å². The fourth-order valence-electron chi connectivity index (χ4n) is 3.18. The fraction of sp³-hybridized carbons (Fsp3) is 0.556. The van der Waals surface area contributed by atoms with Crippen molar-refractivity contribution in [2.24, 2.45) is 5.92 Å². The van der Waals surface area contributed by atoms with E-state index in [0.717, 1.165) is 29.8 Å². The molecular weight excluding hydrogens is 260 g/mol. The van der Waals surface area contributed by atoms with E-state index in [1.807, 2.05) is 13.1 Å². The maximum absolute atomic E-state index is 6.05. The predicted octanol–water partition coefficient (Wildman–Crippen LogP) is 3.57. The summed E-state index contributed by atoms with van der Waals surface area (Å²) in [7, 11) is 2.04. The zero-order valence-electron chi connectivity index (χ0n) is 12.7. The van der Waals surface area contributed by atoms with Crippen LogP contribution in [0.25, 0.3) is 11.0 Å². The summed E-state index contributed by atoms with van der Waals surface area (Å²) in [5.41, 5.74) is 0.993. The normalized spacial score (nSPS) is 20.3. The van der Waals surface area contributed by atoms with Crippen molar-refractivity contribution in [2.75, 3.05) is 20.1 Å². The number of rotatable bonds is 7. The van der Waals surface area contributed by atoms with Gasteiger partial charge in [-0.05, 0) is 50.8 Å². The lowest BCUT2D eigenvalue weighted by Gasteiger charge is -2.26. The smallest absolute Gasteiger partial charge is 0.134 e. The van der Waals surface area contributed by atoms with Crippen LogP contribution in [0.5, 0.6) is 0 Å². The first-order chi connectivity index (χ1) is 10.3. The maximum Gasteiger partial charge on any atom is 0.134 e. The summed E-state index contributed by atoms with van der Waals surface area (Å²) >= 11 is 0. The number of benzene rings is 1. The van der Waals surface area contributed by atoms with Crippen LogP contribution in [0.4, 0.5) is 0 Å². The van der Waals surface area contributed by atoms with Gasteiger partial charge in [0.25, 0.3) is 0 Å². The minimum Gasteiger partial charge on any atom is -0.459 e. The zero-order valence-corrected chi connectivity index (χ0v) is 12.7. The standard InChI is InChI=1S/C18H24N2O/c1-19-16(12-20(15-8-9-15)11-13-6-7-13)18-10-14-4-2-3-5-17(14)21-18/h2-5,10,13,15-16,19H,6-9,11-12H2,1H3. The molecule has 2 aliphatic rings. The van der Waals surface area contributed by atoms with Crippen molar-refractivity contribution in [3.63, 3.8) is 0 Å². The third-order valence-electron chi connectivity index (χ3n) is 4.81. The first-order valence-electron chi connectivity index (χ1n) is 8.23. The first-order valence-corrected chi connectivity index (χ1v) is 8.23. The number of furan rings is 1. The largest absolute Gasteiger partial charge is 0.459 e. The highest BCUT2D eigenvalue weighted by Gasteiger charge is 2.35. The number of likely N-dealkylation sites (N-methyl/N-ethyl adjacent to an activating group) is 1. The molecule has 2 aromatic rings. The van der Waals surface area contributed by atoms with Gasteiger partial charge < -0.3 is 9.73 Å². The Morgan fingerprint density at radius 2 is 2.05 bits per heavy atom. The molecule has 1 unspecified atom stereocenters. The van der Waals surface area contributed by atoms with Crippen LogP contribution >= 0.6 is 0 Å². The maximum atomic E-state index is 6.05. The second kappa shape index (κ2) is 5.47. The highest BCUT2D eigenvalue weighted by atomic mass is 16.3. The van der Waals surface area contributed by atoms with Gasteiger partial charge in [-0.15, -0.1) is 0 Å². The molecule has 3 nitrogen and oxygen atoms in total. The van der Waals surface area contributed by atoms with Gasteiger partial charge in [-0.25, -0.2) is 0 Å². The average molecular weight is 284 g/mol. The Balaban J connectivity index is 1.52. The molecule has 21 heavy (non-hydrogen) atoms. The molecule has 1 N–H and O–H groups in total. The quantitative estimate of drug-likeness (QED) is 0.842. The molecule has 0 spiro atoms. The Kier molecular flexibility index (Phi) is 3.48. The van der Waals surface area contributed by atoms with Gasteiger partial charge in [0.15, 0.2) is 0 Å². The van der Waals surface area contributed by atoms with E-state index in [0.29, 0.717) is 0 Å². The zero-order chi connectivity index (χ0) is 14.2. The molecule has 0 radical (unpaired) electrons. The Morgan fingerprint density at radius 1 is 1.24 bits per heavy atom. The number of para-hydroxylation sites is 1. The third-order valence-corrected chi connectivity index (χ3v) is 4.81. The summed E-state index contributed by atoms with van der Waals surface area (Å²) in [4.78, 5) is 2.69. The van der Waals surface area contributed by atoms with Crippen LogP contribution in [0.15, 0.2) is 34.7 Å². The Morgan fingerprint density at radius 3 is 2.71 bits per heavy atom. The molecule has 3 heteroatoms. The van der Waals surface area contributed by atoms with Crippen molar-refractivity contribution in [1.29, 1.82) is 0 Å². The fourth-order valence-corrected chi connectivity index (χ4v) is 3.18. The average Bonchev–Trinajstić information content (AvgIpc) is 3.40. The third kappa shape index (κ3) is 2.99. The van der Waals surface area contributed by atoms with Crippen molar-refractivity contribution in [1.82, 2.24) is 10.2 Å². The minimum absolute atomic E-state index is 0.289. The van der Waals surface area contributed by atoms with E-state index in [4.69, 9.17) is 4.42 Å². The molecule has 1 aromatic carbocycles. The van der Waals surface area contributed by atoms with E-state index < -0.39 is 0 Å². The van der Waals surface area contributed by atoms with Crippen LogP contribution in [0.1, 0.15) is 37.5 Å². The van der Waals surface area contributed by atoms with Crippen LogP contribution in [-0.4, -0.2) is 31.1 Å². The molecule has 0 amide bonds. The Hall–Kier alpha value is -1.32. The predicted molar refractivity (Wildman–Crippen MR) is 85.3 cm³/mol. The van der Waals surface area contributed by atoms with E-state index in [2.05, 4.69) is 34.5 Å². The van der Waals surface area contributed by atoms with Crippen LogP contribution in [0.2, 0.25) is 0 Å². The lowest BCUT2D eigenvalue weighted by Crippen LogP contribution is -2.36. The summed E-state index contributed by atoms with van der Waals surface area (Å²) in [5, 5.41) is 4.65. The number of hydrogen-bond acceptors (Lipinski definition) is 3. The topological polar surface area (TPSA) is 28.4 Å². The summed E-state index contributed by atoms with van der Waals surface area (Å²) in [6.45, 7) is 2.35. The SMILES string of the molecule is CNC(CN(CC1CC1)C1CC1)c1cc2ccccc2o1. The monoisotopic (exact) mass is 284 g/mol. The van der Waals surface area contributed by atoms with Crippen molar-refractivity contribution >= 4 is 11.0 Å². The Bertz CT molecular complexity index is 579. The second-order valence-corrected chi connectivity index (χ2v) is 6.66. The lowest BCUT2D eigenvalue weighted by molar-refractivity contribution is 0.218. The van der Waals surface area contributed by atoms with Gasteiger partial charge >= 0.3 is 0 Å². The molecule has 1 heterocycles. The molecule has 2 saturated carbocycles. The van der Waals surface area contributed by atoms with E-state index >= 15 is 0 Å². The van der Waals surface area contributed by atoms with Gasteiger partial charge in [0.2, 0.25) is 0 Å². The van der Waals surface area contributed by atoms with Gasteiger partial charge in [0.1, 0.15) is 11.3 Å².